The Hall–Kier alpha value is -2.67. The van der Waals surface area contributed by atoms with Crippen LogP contribution < -0.4 is 0 Å². The van der Waals surface area contributed by atoms with E-state index in [4.69, 9.17) is 5.41 Å². The molecular weight excluding hydrogens is 254 g/mol. The van der Waals surface area contributed by atoms with Gasteiger partial charge in [-0.1, -0.05) is 72.8 Å². The normalized spacial score (nSPS) is 10.3. The molecule has 21 heavy (non-hydrogen) atoms. The maximum atomic E-state index is 7.47. The van der Waals surface area contributed by atoms with Gasteiger partial charge in [0.05, 0.1) is 0 Å². The van der Waals surface area contributed by atoms with E-state index in [0.29, 0.717) is 0 Å². The fourth-order valence-electron chi connectivity index (χ4n) is 2.54. The first-order chi connectivity index (χ1) is 10.4. The minimum atomic E-state index is 0.906. The van der Waals surface area contributed by atoms with Crippen LogP contribution in [0.4, 0.5) is 0 Å². The first-order valence-corrected chi connectivity index (χ1v) is 7.09. The molecule has 0 bridgehead atoms. The lowest BCUT2D eigenvalue weighted by Crippen LogP contribution is -1.94. The molecule has 0 aromatic heterocycles. The molecule has 0 aliphatic carbocycles. The topological polar surface area (TPSA) is 23.9 Å². The molecule has 1 nitrogen and oxygen atoms in total. The molecule has 0 amide bonds. The van der Waals surface area contributed by atoms with Crippen molar-refractivity contribution in [3.8, 4) is 11.1 Å². The van der Waals surface area contributed by atoms with Crippen molar-refractivity contribution in [1.82, 2.24) is 0 Å². The Balaban J connectivity index is 2.06. The molecule has 0 saturated heterocycles. The van der Waals surface area contributed by atoms with E-state index in [-0.39, 0.29) is 0 Å². The molecule has 0 radical (unpaired) electrons. The molecule has 102 valence electrons. The van der Waals surface area contributed by atoms with Gasteiger partial charge in [-0.3, -0.25) is 0 Å². The summed E-state index contributed by atoms with van der Waals surface area (Å²) >= 11 is 0. The molecule has 0 unspecified atom stereocenters. The van der Waals surface area contributed by atoms with Crippen molar-refractivity contribution >= 4 is 6.21 Å². The van der Waals surface area contributed by atoms with Gasteiger partial charge in [0.1, 0.15) is 0 Å². The van der Waals surface area contributed by atoms with Crippen molar-refractivity contribution < 1.29 is 0 Å². The molecule has 0 saturated carbocycles. The highest BCUT2D eigenvalue weighted by Gasteiger charge is 2.06. The van der Waals surface area contributed by atoms with E-state index in [2.05, 4.69) is 60.7 Å². The zero-order valence-corrected chi connectivity index (χ0v) is 11.8. The van der Waals surface area contributed by atoms with Crippen molar-refractivity contribution in [2.75, 3.05) is 0 Å². The van der Waals surface area contributed by atoms with E-state index >= 15 is 0 Å². The van der Waals surface area contributed by atoms with Gasteiger partial charge >= 0.3 is 0 Å². The molecule has 0 aliphatic heterocycles. The minimum Gasteiger partial charge on any atom is -0.308 e. The quantitative estimate of drug-likeness (QED) is 0.650. The van der Waals surface area contributed by atoms with Gasteiger partial charge in [0, 0.05) is 6.21 Å². The third kappa shape index (κ3) is 3.09. The van der Waals surface area contributed by atoms with Gasteiger partial charge in [0.2, 0.25) is 0 Å². The number of benzene rings is 3. The first-order valence-electron chi connectivity index (χ1n) is 7.09. The Bertz CT molecular complexity index is 730. The smallest absolute Gasteiger partial charge is 0.0250 e. The lowest BCUT2D eigenvalue weighted by Gasteiger charge is -2.11. The van der Waals surface area contributed by atoms with E-state index in [1.165, 1.54) is 28.5 Å². The second kappa shape index (κ2) is 6.19. The van der Waals surface area contributed by atoms with Crippen molar-refractivity contribution in [3.05, 3.63) is 95.6 Å². The third-order valence-corrected chi connectivity index (χ3v) is 3.62. The lowest BCUT2D eigenvalue weighted by atomic mass is 9.93. The average molecular weight is 271 g/mol. The van der Waals surface area contributed by atoms with Gasteiger partial charge in [-0.2, -0.15) is 0 Å². The molecule has 0 fully saturated rings. The number of hydrogen-bond acceptors (Lipinski definition) is 1. The summed E-state index contributed by atoms with van der Waals surface area (Å²) in [6.45, 7) is 0. The summed E-state index contributed by atoms with van der Waals surface area (Å²) in [5.74, 6) is 0. The molecule has 0 heterocycles. The molecular formula is C20H17N. The van der Waals surface area contributed by atoms with E-state index in [1.807, 2.05) is 18.2 Å². The Morgan fingerprint density at radius 3 is 2.10 bits per heavy atom. The van der Waals surface area contributed by atoms with Crippen LogP contribution in [0.25, 0.3) is 11.1 Å². The van der Waals surface area contributed by atoms with E-state index < -0.39 is 0 Å². The van der Waals surface area contributed by atoms with Crippen LogP contribution in [0.3, 0.4) is 0 Å². The summed E-state index contributed by atoms with van der Waals surface area (Å²) in [6.07, 6.45) is 2.31. The van der Waals surface area contributed by atoms with Gasteiger partial charge in [-0.15, -0.1) is 0 Å². The van der Waals surface area contributed by atoms with Crippen LogP contribution in [-0.2, 0) is 6.42 Å². The molecule has 3 aromatic carbocycles. The Morgan fingerprint density at radius 2 is 1.43 bits per heavy atom. The fourth-order valence-corrected chi connectivity index (χ4v) is 2.54. The summed E-state index contributed by atoms with van der Waals surface area (Å²) in [5.41, 5.74) is 5.94. The summed E-state index contributed by atoms with van der Waals surface area (Å²) < 4.78 is 0. The maximum absolute atomic E-state index is 7.47. The second-order valence-corrected chi connectivity index (χ2v) is 5.09. The van der Waals surface area contributed by atoms with Gasteiger partial charge < -0.3 is 5.41 Å². The number of hydrogen-bond donors (Lipinski definition) is 1. The SMILES string of the molecule is N=Cc1ccc(Cc2ccccc2)c(-c2ccccc2)c1. The molecule has 0 atom stereocenters. The summed E-state index contributed by atoms with van der Waals surface area (Å²) in [5, 5.41) is 7.47. The number of nitrogens with one attached hydrogen (secondary N) is 1. The highest BCUT2D eigenvalue weighted by Crippen LogP contribution is 2.26. The van der Waals surface area contributed by atoms with Gasteiger partial charge in [-0.05, 0) is 40.3 Å². The molecule has 0 aliphatic rings. The average Bonchev–Trinajstić information content (AvgIpc) is 2.57. The van der Waals surface area contributed by atoms with Gasteiger partial charge in [0.15, 0.2) is 0 Å². The van der Waals surface area contributed by atoms with Crippen molar-refractivity contribution in [1.29, 1.82) is 5.41 Å². The monoisotopic (exact) mass is 271 g/mol. The third-order valence-electron chi connectivity index (χ3n) is 3.62. The van der Waals surface area contributed by atoms with Gasteiger partial charge in [0.25, 0.3) is 0 Å². The maximum Gasteiger partial charge on any atom is 0.0250 e. The molecule has 1 N–H and O–H groups in total. The largest absolute Gasteiger partial charge is 0.308 e. The standard InChI is InChI=1S/C20H17N/c21-15-17-11-12-19(13-16-7-3-1-4-8-16)20(14-17)18-9-5-2-6-10-18/h1-12,14-15,21H,13H2. The Morgan fingerprint density at radius 1 is 0.762 bits per heavy atom. The van der Waals surface area contributed by atoms with E-state index in [0.717, 1.165) is 12.0 Å². The van der Waals surface area contributed by atoms with Crippen molar-refractivity contribution in [2.45, 2.75) is 6.42 Å². The predicted molar refractivity (Wildman–Crippen MR) is 89.0 cm³/mol. The summed E-state index contributed by atoms with van der Waals surface area (Å²) in [6, 6.07) is 27.1. The summed E-state index contributed by atoms with van der Waals surface area (Å²) in [4.78, 5) is 0. The second-order valence-electron chi connectivity index (χ2n) is 5.09. The van der Waals surface area contributed by atoms with Crippen LogP contribution in [0, 0.1) is 5.41 Å². The van der Waals surface area contributed by atoms with Crippen molar-refractivity contribution in [3.63, 3.8) is 0 Å². The molecule has 3 rings (SSSR count). The van der Waals surface area contributed by atoms with Crippen LogP contribution in [-0.4, -0.2) is 6.21 Å². The first kappa shape index (κ1) is 13.3. The van der Waals surface area contributed by atoms with Crippen LogP contribution >= 0.6 is 0 Å². The van der Waals surface area contributed by atoms with Crippen molar-refractivity contribution in [2.24, 2.45) is 0 Å². The van der Waals surface area contributed by atoms with E-state index in [1.54, 1.807) is 0 Å². The predicted octanol–water partition coefficient (Wildman–Crippen LogP) is 4.94. The van der Waals surface area contributed by atoms with E-state index in [9.17, 15) is 0 Å². The highest BCUT2D eigenvalue weighted by atomic mass is 14.3. The van der Waals surface area contributed by atoms with Crippen LogP contribution in [0.1, 0.15) is 16.7 Å². The molecule has 3 aromatic rings. The highest BCUT2D eigenvalue weighted by molar-refractivity contribution is 5.81. The molecule has 1 heteroatoms. The van der Waals surface area contributed by atoms with Crippen LogP contribution in [0.5, 0.6) is 0 Å². The zero-order valence-electron chi connectivity index (χ0n) is 11.8. The van der Waals surface area contributed by atoms with Gasteiger partial charge in [-0.25, -0.2) is 0 Å². The Labute approximate surface area is 125 Å². The lowest BCUT2D eigenvalue weighted by molar-refractivity contribution is 1.19. The molecule has 0 spiro atoms. The summed E-state index contributed by atoms with van der Waals surface area (Å²) in [7, 11) is 0. The Kier molecular flexibility index (Phi) is 3.92. The minimum absolute atomic E-state index is 0.906. The number of rotatable bonds is 4. The van der Waals surface area contributed by atoms with Crippen LogP contribution in [0.15, 0.2) is 78.9 Å². The zero-order chi connectivity index (χ0) is 14.5. The fraction of sp³-hybridized carbons (Fsp3) is 0.0500. The van der Waals surface area contributed by atoms with Crippen LogP contribution in [0.2, 0.25) is 0 Å².